The molecule has 0 N–H and O–H groups in total. The van der Waals surface area contributed by atoms with Gasteiger partial charge in [-0.25, -0.2) is 8.42 Å². The molecule has 5 nitrogen and oxygen atoms in total. The van der Waals surface area contributed by atoms with Gasteiger partial charge in [-0.05, 0) is 51.0 Å². The second-order valence-corrected chi connectivity index (χ2v) is 7.74. The third kappa shape index (κ3) is 3.18. The fourth-order valence-corrected chi connectivity index (χ4v) is 5.07. The molecule has 0 unspecified atom stereocenters. The summed E-state index contributed by atoms with van der Waals surface area (Å²) in [4.78, 5) is 0.142. The van der Waals surface area contributed by atoms with E-state index in [1.54, 1.807) is 18.2 Å². The number of ether oxygens (including phenoxy) is 2. The number of hydrogen-bond acceptors (Lipinski definition) is 4. The molecule has 0 spiro atoms. The average Bonchev–Trinajstić information content (AvgIpc) is 2.93. The van der Waals surface area contributed by atoms with Crippen LogP contribution in [0.2, 0.25) is 0 Å². The van der Waals surface area contributed by atoms with Gasteiger partial charge in [-0.3, -0.25) is 4.31 Å². The van der Waals surface area contributed by atoms with E-state index in [-0.39, 0.29) is 10.9 Å². The van der Waals surface area contributed by atoms with Gasteiger partial charge in [-0.15, -0.1) is 0 Å². The third-order valence-corrected chi connectivity index (χ3v) is 6.16. The quantitative estimate of drug-likeness (QED) is 0.788. The molecule has 0 saturated heterocycles. The number of rotatable bonds is 6. The molecule has 6 heteroatoms. The molecule has 1 aliphatic rings. The van der Waals surface area contributed by atoms with Gasteiger partial charge in [0.2, 0.25) is 0 Å². The highest BCUT2D eigenvalue weighted by Gasteiger charge is 2.37. The first kappa shape index (κ1) is 17.6. The van der Waals surface area contributed by atoms with Crippen molar-refractivity contribution in [3.05, 3.63) is 48.0 Å². The molecular weight excluding hydrogens is 338 g/mol. The summed E-state index contributed by atoms with van der Waals surface area (Å²) in [7, 11) is -3.77. The average molecular weight is 361 g/mol. The number of hydrogen-bond donors (Lipinski definition) is 0. The van der Waals surface area contributed by atoms with Crippen molar-refractivity contribution in [3.8, 4) is 11.5 Å². The van der Waals surface area contributed by atoms with Gasteiger partial charge in [-0.1, -0.05) is 18.2 Å². The Balaban J connectivity index is 2.12. The van der Waals surface area contributed by atoms with Crippen molar-refractivity contribution in [1.82, 2.24) is 0 Å². The monoisotopic (exact) mass is 361 g/mol. The maximum atomic E-state index is 13.5. The number of para-hydroxylation sites is 1. The lowest BCUT2D eigenvalue weighted by atomic mass is 10.1. The predicted octanol–water partition coefficient (Wildman–Crippen LogP) is 3.62. The van der Waals surface area contributed by atoms with Crippen LogP contribution in [0.1, 0.15) is 26.3 Å². The lowest BCUT2D eigenvalue weighted by Gasteiger charge is -2.25. The Hall–Kier alpha value is -2.21. The van der Waals surface area contributed by atoms with E-state index >= 15 is 0 Å². The molecule has 0 bridgehead atoms. The van der Waals surface area contributed by atoms with Crippen LogP contribution >= 0.6 is 0 Å². The van der Waals surface area contributed by atoms with Gasteiger partial charge in [0.05, 0.1) is 18.9 Å². The zero-order chi connectivity index (χ0) is 18.0. The SMILES string of the molecule is CCOc1ccc(OCC)c(S(=O)(=O)N2c3ccccc3C[C@H]2C)c1. The molecule has 0 fully saturated rings. The normalized spacial score (nSPS) is 16.6. The molecule has 1 atom stereocenters. The second-order valence-electron chi connectivity index (χ2n) is 5.96. The standard InChI is InChI=1S/C19H23NO4S/c1-4-23-16-10-11-18(24-5-2)19(13-16)25(21,22)20-14(3)12-15-8-6-7-9-17(15)20/h6-11,13-14H,4-5,12H2,1-3H3/t14-/m1/s1. The van der Waals surface area contributed by atoms with Crippen LogP contribution in [0.15, 0.2) is 47.4 Å². The fourth-order valence-electron chi connectivity index (χ4n) is 3.23. The summed E-state index contributed by atoms with van der Waals surface area (Å²) in [5.74, 6) is 0.868. The minimum absolute atomic E-state index is 0.142. The van der Waals surface area contributed by atoms with Crippen molar-refractivity contribution in [1.29, 1.82) is 0 Å². The highest BCUT2D eigenvalue weighted by molar-refractivity contribution is 7.93. The molecule has 2 aromatic carbocycles. The van der Waals surface area contributed by atoms with Gasteiger partial charge in [0.1, 0.15) is 16.4 Å². The lowest BCUT2D eigenvalue weighted by molar-refractivity contribution is 0.322. The van der Waals surface area contributed by atoms with Crippen LogP contribution in [-0.4, -0.2) is 27.7 Å². The summed E-state index contributed by atoms with van der Waals surface area (Å²) in [6.07, 6.45) is 0.699. The number of nitrogens with zero attached hydrogens (tertiary/aromatic N) is 1. The van der Waals surface area contributed by atoms with E-state index in [1.807, 2.05) is 45.0 Å². The highest BCUT2D eigenvalue weighted by Crippen LogP contribution is 2.39. The van der Waals surface area contributed by atoms with Crippen molar-refractivity contribution < 1.29 is 17.9 Å². The van der Waals surface area contributed by atoms with Crippen LogP contribution in [0.25, 0.3) is 0 Å². The van der Waals surface area contributed by atoms with Crippen molar-refractivity contribution in [3.63, 3.8) is 0 Å². The summed E-state index contributed by atoms with van der Waals surface area (Å²) < 4.78 is 39.5. The number of fused-ring (bicyclic) bond motifs is 1. The molecule has 0 radical (unpaired) electrons. The van der Waals surface area contributed by atoms with E-state index in [2.05, 4.69) is 0 Å². The Labute approximate surface area is 149 Å². The maximum absolute atomic E-state index is 13.5. The molecule has 25 heavy (non-hydrogen) atoms. The summed E-state index contributed by atoms with van der Waals surface area (Å²) in [6.45, 7) is 6.48. The first-order chi connectivity index (χ1) is 12.0. The van der Waals surface area contributed by atoms with Crippen LogP contribution < -0.4 is 13.8 Å². The smallest absolute Gasteiger partial charge is 0.268 e. The van der Waals surface area contributed by atoms with Crippen LogP contribution in [0.5, 0.6) is 11.5 Å². The number of sulfonamides is 1. The molecule has 0 saturated carbocycles. The molecule has 0 aliphatic carbocycles. The predicted molar refractivity (Wildman–Crippen MR) is 98.1 cm³/mol. The summed E-state index contributed by atoms with van der Waals surface area (Å²) >= 11 is 0. The summed E-state index contributed by atoms with van der Waals surface area (Å²) in [6, 6.07) is 12.4. The van der Waals surface area contributed by atoms with Crippen LogP contribution in [-0.2, 0) is 16.4 Å². The van der Waals surface area contributed by atoms with E-state index in [0.29, 0.717) is 31.1 Å². The zero-order valence-electron chi connectivity index (χ0n) is 14.7. The van der Waals surface area contributed by atoms with E-state index < -0.39 is 10.0 Å². The molecule has 1 heterocycles. The highest BCUT2D eigenvalue weighted by atomic mass is 32.2. The maximum Gasteiger partial charge on any atom is 0.268 e. The second kappa shape index (κ2) is 6.96. The van der Waals surface area contributed by atoms with Gasteiger partial charge in [0, 0.05) is 12.1 Å². The van der Waals surface area contributed by atoms with Crippen molar-refractivity contribution in [2.45, 2.75) is 38.1 Å². The third-order valence-electron chi connectivity index (χ3n) is 4.21. The van der Waals surface area contributed by atoms with Crippen molar-refractivity contribution in [2.75, 3.05) is 17.5 Å². The molecule has 3 rings (SSSR count). The molecule has 0 amide bonds. The van der Waals surface area contributed by atoms with Gasteiger partial charge in [0.25, 0.3) is 10.0 Å². The van der Waals surface area contributed by atoms with Gasteiger partial charge < -0.3 is 9.47 Å². The van der Waals surface area contributed by atoms with Crippen LogP contribution in [0, 0.1) is 0 Å². The summed E-state index contributed by atoms with van der Waals surface area (Å²) in [5, 5.41) is 0. The molecule has 134 valence electrons. The zero-order valence-corrected chi connectivity index (χ0v) is 15.5. The Morgan fingerprint density at radius 3 is 2.52 bits per heavy atom. The molecule has 0 aromatic heterocycles. The molecule has 2 aromatic rings. The first-order valence-electron chi connectivity index (χ1n) is 8.51. The van der Waals surface area contributed by atoms with E-state index in [1.165, 1.54) is 4.31 Å². The first-order valence-corrected chi connectivity index (χ1v) is 9.95. The number of benzene rings is 2. The Morgan fingerprint density at radius 2 is 1.80 bits per heavy atom. The van der Waals surface area contributed by atoms with Gasteiger partial charge >= 0.3 is 0 Å². The fraction of sp³-hybridized carbons (Fsp3) is 0.368. The van der Waals surface area contributed by atoms with Gasteiger partial charge in [0.15, 0.2) is 0 Å². The van der Waals surface area contributed by atoms with Crippen LogP contribution in [0.4, 0.5) is 5.69 Å². The largest absolute Gasteiger partial charge is 0.494 e. The van der Waals surface area contributed by atoms with Crippen molar-refractivity contribution in [2.24, 2.45) is 0 Å². The number of anilines is 1. The van der Waals surface area contributed by atoms with Crippen LogP contribution in [0.3, 0.4) is 0 Å². The summed E-state index contributed by atoms with van der Waals surface area (Å²) in [5.41, 5.74) is 1.77. The van der Waals surface area contributed by atoms with E-state index in [4.69, 9.17) is 9.47 Å². The Bertz CT molecular complexity index is 863. The topological polar surface area (TPSA) is 55.8 Å². The van der Waals surface area contributed by atoms with Crippen molar-refractivity contribution >= 4 is 15.7 Å². The Kier molecular flexibility index (Phi) is 4.90. The van der Waals surface area contributed by atoms with E-state index in [0.717, 1.165) is 11.3 Å². The molecule has 1 aliphatic heterocycles. The minimum Gasteiger partial charge on any atom is -0.494 e. The van der Waals surface area contributed by atoms with E-state index in [9.17, 15) is 8.42 Å². The Morgan fingerprint density at radius 1 is 1.08 bits per heavy atom. The minimum atomic E-state index is -3.77. The molecular formula is C19H23NO4S. The van der Waals surface area contributed by atoms with Gasteiger partial charge in [-0.2, -0.15) is 0 Å². The lowest BCUT2D eigenvalue weighted by Crippen LogP contribution is -2.36.